The van der Waals surface area contributed by atoms with E-state index in [0.717, 1.165) is 21.3 Å². The van der Waals surface area contributed by atoms with Crippen LogP contribution in [-0.2, 0) is 0 Å². The molecule has 0 aliphatic carbocycles. The molecule has 0 aliphatic heterocycles. The van der Waals surface area contributed by atoms with E-state index < -0.39 is 357 Å². The van der Waals surface area contributed by atoms with Crippen molar-refractivity contribution in [1.82, 2.24) is 33.2 Å². The van der Waals surface area contributed by atoms with Crippen LogP contribution in [0.25, 0.3) is 133 Å². The third-order valence-corrected chi connectivity index (χ3v) is 11.8. The normalized spacial score (nSPS) is 19.4. The van der Waals surface area contributed by atoms with E-state index in [1.807, 2.05) is 0 Å². The summed E-state index contributed by atoms with van der Waals surface area (Å²) in [7, 11) is 0. The summed E-state index contributed by atoms with van der Waals surface area (Å²) in [5.74, 6) is -3.47. The van der Waals surface area contributed by atoms with Crippen LogP contribution in [-0.4, -0.2) is 33.2 Å². The maximum absolute atomic E-state index is 9.91. The first-order valence-electron chi connectivity index (χ1n) is 39.2. The van der Waals surface area contributed by atoms with E-state index in [1.54, 1.807) is 0 Å². The summed E-state index contributed by atoms with van der Waals surface area (Å²) in [5.41, 5.74) is -10.8. The summed E-state index contributed by atoms with van der Waals surface area (Å²) in [6.07, 6.45) is 0. The molecule has 0 radical (unpaired) electrons. The molecule has 0 N–H and O–H groups in total. The van der Waals surface area contributed by atoms with Gasteiger partial charge in [0, 0.05) is 48.7 Å². The van der Waals surface area contributed by atoms with E-state index in [9.17, 15) is 30.2 Å². The summed E-state index contributed by atoms with van der Waals surface area (Å²) >= 11 is 0. The minimum absolute atomic E-state index is 0.653. The Kier molecular flexibility index (Phi) is 3.67. The fraction of sp³-hybridized carbons (Fsp3) is 0. The summed E-state index contributed by atoms with van der Waals surface area (Å²) < 4.78 is 348. The first-order chi connectivity index (χ1) is 50.1. The maximum atomic E-state index is 9.91. The van der Waals surface area contributed by atoms with Crippen LogP contribution < -0.4 is 0 Å². The molecule has 0 aliphatic rings. The molecule has 0 bridgehead atoms. The van der Waals surface area contributed by atoms with Gasteiger partial charge in [0.25, 0.3) is 0 Å². The Morgan fingerprint density at radius 2 is 0.586 bits per heavy atom. The lowest BCUT2D eigenvalue weighted by Crippen LogP contribution is -2.13. The molecule has 0 spiro atoms. The van der Waals surface area contributed by atoms with Gasteiger partial charge in [0.1, 0.15) is 0 Å². The molecule has 7 heteroatoms. The molecule has 0 amide bonds. The van der Waals surface area contributed by atoms with Crippen molar-refractivity contribution < 1.29 is 50.7 Å². The highest BCUT2D eigenvalue weighted by Gasteiger charge is 2.29. The van der Waals surface area contributed by atoms with Gasteiger partial charge in [-0.05, 0) is 60.0 Å². The highest BCUT2D eigenvalue weighted by Crippen LogP contribution is 2.46. The van der Waals surface area contributed by atoms with Gasteiger partial charge in [-0.2, -0.15) is 15.0 Å². The van der Waals surface area contributed by atoms with Crippen molar-refractivity contribution >= 4 is 87.2 Å². The second kappa shape index (κ2) is 15.0. The number of rotatable bonds is 6. The molecular formula is C63H39N7. The van der Waals surface area contributed by atoms with Gasteiger partial charge in [-0.3, -0.25) is 9.13 Å². The fourth-order valence-electron chi connectivity index (χ4n) is 9.02. The Hall–Kier alpha value is -9.59. The average molecular weight is 931 g/mol. The standard InChI is InChI=1S/C63H39N7/c1-2-20-40(21-3-1)41-38-39-58(67-50-30-12-4-22-42(50)43-23-5-13-31-51(43)67)59(60(41)68-52-32-14-6-24-44(52)45-25-7-15-33-53(45)68)61-64-62(69-54-34-16-8-26-46(54)47-27-9-17-35-55(47)69)66-63(65-61)70-56-36-18-10-28-48(56)49-29-11-19-37-57(49)70/h1-39H/i1D,2D,3D,4D,5D,6D,7D,8D,9D,10D,11D,12D,13D,14D,15D,16D,17D,18D,19D,20D,21D,22D,23D,24D,25D,26D,27D,28D,29D,30D,31D,32D,33D,34D,35D,36D,37D. The molecule has 0 saturated heterocycles. The van der Waals surface area contributed by atoms with Gasteiger partial charge >= 0.3 is 0 Å². The van der Waals surface area contributed by atoms with E-state index in [-0.39, 0.29) is 0 Å². The highest BCUT2D eigenvalue weighted by molar-refractivity contribution is 6.14. The predicted molar refractivity (Wildman–Crippen MR) is 288 cm³/mol. The highest BCUT2D eigenvalue weighted by atomic mass is 15.3. The van der Waals surface area contributed by atoms with Crippen LogP contribution in [0.1, 0.15) is 50.7 Å². The molecule has 7 nitrogen and oxygen atoms in total. The van der Waals surface area contributed by atoms with Crippen LogP contribution in [0.15, 0.2) is 236 Å². The lowest BCUT2D eigenvalue weighted by atomic mass is 9.97. The van der Waals surface area contributed by atoms with Crippen molar-refractivity contribution in [3.63, 3.8) is 0 Å². The molecule has 70 heavy (non-hydrogen) atoms. The third-order valence-electron chi connectivity index (χ3n) is 11.8. The first-order valence-corrected chi connectivity index (χ1v) is 20.7. The quantitative estimate of drug-likeness (QED) is 0.167. The number of benzene rings is 10. The topological polar surface area (TPSA) is 58.4 Å². The molecule has 10 aromatic carbocycles. The predicted octanol–water partition coefficient (Wildman–Crippen LogP) is 15.6. The van der Waals surface area contributed by atoms with Gasteiger partial charge in [0.15, 0.2) is 5.82 Å². The van der Waals surface area contributed by atoms with Gasteiger partial charge < -0.3 is 9.13 Å². The molecule has 326 valence electrons. The average Bonchev–Trinajstić information content (AvgIpc) is 1.55. The SMILES string of the molecule is [2H]c1c([2H])c([2H])c(-c2ccc(-n3c4c([2H])c([2H])c([2H])c([2H])c4c4c([2H])c([2H])c([2H])c([2H])c43)c(-c3nc(-n4c5c([2H])c([2H])c([2H])c([2H])c5c5c([2H])c([2H])c([2H])c([2H])c54)nc(-n4c5c([2H])c([2H])c([2H])c([2H])c5c5c([2H])c([2H])c([2H])c([2H])c54)n3)c2-n2c3c([2H])c([2H])c([2H])c([2H])c3c3c([2H])c([2H])c([2H])c([2H])c32)c([2H])c1[2H]. The van der Waals surface area contributed by atoms with Gasteiger partial charge in [-0.15, -0.1) is 0 Å². The zero-order valence-corrected chi connectivity index (χ0v) is 34.8. The van der Waals surface area contributed by atoms with Crippen molar-refractivity contribution in [2.45, 2.75) is 0 Å². The van der Waals surface area contributed by atoms with Gasteiger partial charge in [-0.25, -0.2) is 0 Å². The number of nitrogens with zero attached hydrogens (tertiary/aromatic N) is 7. The van der Waals surface area contributed by atoms with E-state index in [0.29, 0.717) is 9.13 Å². The number of hydrogen-bond acceptors (Lipinski definition) is 3. The molecule has 5 heterocycles. The fourth-order valence-corrected chi connectivity index (χ4v) is 9.02. The summed E-state index contributed by atoms with van der Waals surface area (Å²) in [4.78, 5) is 14.7. The lowest BCUT2D eigenvalue weighted by molar-refractivity contribution is 0.891. The molecule has 0 fully saturated rings. The van der Waals surface area contributed by atoms with Crippen molar-refractivity contribution in [3.8, 4) is 45.8 Å². The monoisotopic (exact) mass is 931 g/mol. The third kappa shape index (κ3) is 5.48. The Bertz CT molecular complexity index is 6330. The van der Waals surface area contributed by atoms with Crippen LogP contribution in [0.2, 0.25) is 0 Å². The summed E-state index contributed by atoms with van der Waals surface area (Å²) in [5, 5.41) is -5.39. The Balaban J connectivity index is 1.36. The molecule has 5 aromatic heterocycles. The van der Waals surface area contributed by atoms with Crippen molar-refractivity contribution in [3.05, 3.63) is 236 Å². The van der Waals surface area contributed by atoms with Crippen LogP contribution >= 0.6 is 0 Å². The largest absolute Gasteiger partial charge is 0.308 e. The lowest BCUT2D eigenvalue weighted by Gasteiger charge is -2.23. The zero-order chi connectivity index (χ0) is 78.1. The van der Waals surface area contributed by atoms with E-state index in [1.165, 1.54) is 0 Å². The van der Waals surface area contributed by atoms with Crippen molar-refractivity contribution in [2.75, 3.05) is 0 Å². The van der Waals surface area contributed by atoms with Crippen molar-refractivity contribution in [2.24, 2.45) is 0 Å². The minimum atomic E-state index is -1.19. The number of fused-ring (bicyclic) bond motifs is 12. The Morgan fingerprint density at radius 1 is 0.286 bits per heavy atom. The number of hydrogen-bond donors (Lipinski definition) is 0. The maximum Gasteiger partial charge on any atom is 0.240 e. The summed E-state index contributed by atoms with van der Waals surface area (Å²) in [6.45, 7) is 0. The first kappa shape index (κ1) is 17.2. The van der Waals surface area contributed by atoms with Crippen molar-refractivity contribution in [1.29, 1.82) is 0 Å². The van der Waals surface area contributed by atoms with E-state index in [2.05, 4.69) is 0 Å². The van der Waals surface area contributed by atoms with E-state index >= 15 is 0 Å². The smallest absolute Gasteiger partial charge is 0.240 e. The van der Waals surface area contributed by atoms with Crippen LogP contribution in [0.4, 0.5) is 0 Å². The molecule has 15 rings (SSSR count). The molecule has 15 aromatic rings. The second-order valence-corrected chi connectivity index (χ2v) is 15.2. The Labute approximate surface area is 453 Å². The molecule has 0 unspecified atom stereocenters. The number of aromatic nitrogens is 7. The molecule has 0 atom stereocenters. The molecular weight excluding hydrogens is 855 g/mol. The number of para-hydroxylation sites is 8. The second-order valence-electron chi connectivity index (χ2n) is 15.2. The molecule has 0 saturated carbocycles. The van der Waals surface area contributed by atoms with Crippen LogP contribution in [0, 0.1) is 0 Å². The van der Waals surface area contributed by atoms with Gasteiger partial charge in [-0.1, -0.05) is 181 Å². The van der Waals surface area contributed by atoms with Crippen LogP contribution in [0.5, 0.6) is 0 Å². The Morgan fingerprint density at radius 3 is 0.943 bits per heavy atom. The summed E-state index contributed by atoms with van der Waals surface area (Å²) in [6, 6.07) is -35.9. The van der Waals surface area contributed by atoms with E-state index in [4.69, 9.17) is 35.5 Å². The van der Waals surface area contributed by atoms with Gasteiger partial charge in [0.2, 0.25) is 11.9 Å². The minimum Gasteiger partial charge on any atom is -0.308 e. The zero-order valence-electron chi connectivity index (χ0n) is 71.8. The van der Waals surface area contributed by atoms with Gasteiger partial charge in [0.05, 0.1) is 112 Å². The van der Waals surface area contributed by atoms with Crippen LogP contribution in [0.3, 0.4) is 0 Å².